The van der Waals surface area contributed by atoms with Crippen molar-refractivity contribution in [2.45, 2.75) is 26.3 Å². The van der Waals surface area contributed by atoms with Gasteiger partial charge in [0.05, 0.1) is 6.54 Å². The Hall–Kier alpha value is -1.39. The second kappa shape index (κ2) is 9.50. The summed E-state index contributed by atoms with van der Waals surface area (Å²) < 4.78 is 0. The summed E-state index contributed by atoms with van der Waals surface area (Å²) in [5, 5.41) is 0. The number of hydrogen-bond acceptors (Lipinski definition) is 3. The Morgan fingerprint density at radius 2 is 1.90 bits per heavy atom. The van der Waals surface area contributed by atoms with Crippen molar-refractivity contribution in [2.75, 3.05) is 33.2 Å². The van der Waals surface area contributed by atoms with Gasteiger partial charge in [-0.05, 0) is 31.5 Å². The monoisotopic (exact) mass is 277 g/mol. The molecule has 0 aliphatic rings. The van der Waals surface area contributed by atoms with Gasteiger partial charge in [0, 0.05) is 20.1 Å². The third kappa shape index (κ3) is 6.17. The largest absolute Gasteiger partial charge is 0.345 e. The van der Waals surface area contributed by atoms with E-state index in [1.165, 1.54) is 5.56 Å². The van der Waals surface area contributed by atoms with Gasteiger partial charge < -0.3 is 10.6 Å². The molecule has 0 aliphatic carbocycles. The van der Waals surface area contributed by atoms with Crippen molar-refractivity contribution < 1.29 is 4.79 Å². The van der Waals surface area contributed by atoms with Crippen molar-refractivity contribution in [1.82, 2.24) is 9.80 Å². The fourth-order valence-electron chi connectivity index (χ4n) is 2.14. The van der Waals surface area contributed by atoms with Crippen molar-refractivity contribution in [3.63, 3.8) is 0 Å². The zero-order valence-electron chi connectivity index (χ0n) is 12.7. The third-order valence-corrected chi connectivity index (χ3v) is 3.27. The minimum absolute atomic E-state index is 0.169. The highest BCUT2D eigenvalue weighted by atomic mass is 16.2. The topological polar surface area (TPSA) is 49.6 Å². The Balaban J connectivity index is 2.51. The molecule has 1 rings (SSSR count). The van der Waals surface area contributed by atoms with Gasteiger partial charge in [-0.15, -0.1) is 0 Å². The van der Waals surface area contributed by atoms with E-state index in [4.69, 9.17) is 5.73 Å². The van der Waals surface area contributed by atoms with Gasteiger partial charge in [-0.3, -0.25) is 9.69 Å². The second-order valence-electron chi connectivity index (χ2n) is 5.15. The Labute approximate surface area is 122 Å². The van der Waals surface area contributed by atoms with Crippen LogP contribution < -0.4 is 5.73 Å². The molecule has 2 N–H and O–H groups in total. The number of carbonyl (C=O) groups excluding carboxylic acids is 1. The number of nitrogens with two attached hydrogens (primary N) is 1. The van der Waals surface area contributed by atoms with Crippen molar-refractivity contribution in [3.05, 3.63) is 35.9 Å². The molecule has 0 heterocycles. The Morgan fingerprint density at radius 1 is 1.20 bits per heavy atom. The van der Waals surface area contributed by atoms with E-state index in [0.29, 0.717) is 13.1 Å². The van der Waals surface area contributed by atoms with E-state index in [-0.39, 0.29) is 5.91 Å². The Morgan fingerprint density at radius 3 is 2.50 bits per heavy atom. The predicted molar refractivity (Wildman–Crippen MR) is 83.3 cm³/mol. The highest BCUT2D eigenvalue weighted by molar-refractivity contribution is 5.77. The summed E-state index contributed by atoms with van der Waals surface area (Å²) in [6, 6.07) is 10.3. The lowest BCUT2D eigenvalue weighted by Crippen LogP contribution is -2.39. The van der Waals surface area contributed by atoms with Gasteiger partial charge >= 0.3 is 0 Å². The van der Waals surface area contributed by atoms with Gasteiger partial charge in [0.15, 0.2) is 0 Å². The van der Waals surface area contributed by atoms with Crippen molar-refractivity contribution in [1.29, 1.82) is 0 Å². The van der Waals surface area contributed by atoms with Crippen LogP contribution in [0.4, 0.5) is 0 Å². The molecule has 0 saturated heterocycles. The van der Waals surface area contributed by atoms with E-state index in [1.807, 2.05) is 25.2 Å². The van der Waals surface area contributed by atoms with Gasteiger partial charge in [0.1, 0.15) is 0 Å². The smallest absolute Gasteiger partial charge is 0.236 e. The van der Waals surface area contributed by atoms with Crippen LogP contribution in [0.5, 0.6) is 0 Å². The van der Waals surface area contributed by atoms with Crippen molar-refractivity contribution >= 4 is 5.91 Å². The molecule has 112 valence electrons. The van der Waals surface area contributed by atoms with Crippen LogP contribution in [0.2, 0.25) is 0 Å². The second-order valence-corrected chi connectivity index (χ2v) is 5.15. The Bertz CT molecular complexity index is 381. The number of hydrogen-bond donors (Lipinski definition) is 1. The molecule has 0 atom stereocenters. The van der Waals surface area contributed by atoms with E-state index in [9.17, 15) is 4.79 Å². The molecule has 1 aromatic carbocycles. The fraction of sp³-hybridized carbons (Fsp3) is 0.562. The first-order valence-electron chi connectivity index (χ1n) is 7.37. The molecule has 0 radical (unpaired) electrons. The SMILES string of the molecule is CCCN(CC(=O)N(C)CCCN)Cc1ccccc1. The fourth-order valence-corrected chi connectivity index (χ4v) is 2.14. The molecule has 0 aliphatic heterocycles. The summed E-state index contributed by atoms with van der Waals surface area (Å²) in [7, 11) is 1.85. The van der Waals surface area contributed by atoms with Gasteiger partial charge in [-0.1, -0.05) is 37.3 Å². The molecule has 0 spiro atoms. The molecular weight excluding hydrogens is 250 g/mol. The number of rotatable bonds is 9. The standard InChI is InChI=1S/C16H27N3O/c1-3-11-19(13-15-8-5-4-6-9-15)14-16(20)18(2)12-7-10-17/h4-6,8-9H,3,7,10-14,17H2,1-2H3. The number of amides is 1. The molecule has 4 nitrogen and oxygen atoms in total. The lowest BCUT2D eigenvalue weighted by molar-refractivity contribution is -0.131. The van der Waals surface area contributed by atoms with Gasteiger partial charge in [0.25, 0.3) is 0 Å². The first-order chi connectivity index (χ1) is 9.67. The quantitative estimate of drug-likeness (QED) is 0.747. The molecule has 0 fully saturated rings. The molecule has 1 aromatic rings. The number of carbonyl (C=O) groups is 1. The normalized spacial score (nSPS) is 10.8. The highest BCUT2D eigenvalue weighted by Gasteiger charge is 2.13. The zero-order valence-corrected chi connectivity index (χ0v) is 12.7. The maximum Gasteiger partial charge on any atom is 0.236 e. The maximum atomic E-state index is 12.2. The lowest BCUT2D eigenvalue weighted by Gasteiger charge is -2.24. The molecule has 20 heavy (non-hydrogen) atoms. The van der Waals surface area contributed by atoms with Crippen LogP contribution >= 0.6 is 0 Å². The summed E-state index contributed by atoms with van der Waals surface area (Å²) >= 11 is 0. The summed E-state index contributed by atoms with van der Waals surface area (Å²) in [6.07, 6.45) is 1.90. The molecule has 0 unspecified atom stereocenters. The Kier molecular flexibility index (Phi) is 7.92. The molecule has 0 aromatic heterocycles. The van der Waals surface area contributed by atoms with E-state index in [1.54, 1.807) is 4.90 Å². The number of likely N-dealkylation sites (N-methyl/N-ethyl adjacent to an activating group) is 1. The van der Waals surface area contributed by atoms with Crippen molar-refractivity contribution in [3.8, 4) is 0 Å². The van der Waals surface area contributed by atoms with Crippen LogP contribution in [0.3, 0.4) is 0 Å². The minimum Gasteiger partial charge on any atom is -0.345 e. The number of nitrogens with zero attached hydrogens (tertiary/aromatic N) is 2. The summed E-state index contributed by atoms with van der Waals surface area (Å²) in [4.78, 5) is 16.2. The summed E-state index contributed by atoms with van der Waals surface area (Å²) in [5.74, 6) is 0.169. The number of benzene rings is 1. The predicted octanol–water partition coefficient (Wildman–Crippen LogP) is 1.71. The maximum absolute atomic E-state index is 12.2. The summed E-state index contributed by atoms with van der Waals surface area (Å²) in [5.41, 5.74) is 6.73. The first-order valence-corrected chi connectivity index (χ1v) is 7.37. The van der Waals surface area contributed by atoms with Crippen molar-refractivity contribution in [2.24, 2.45) is 5.73 Å². The summed E-state index contributed by atoms with van der Waals surface area (Å²) in [6.45, 7) is 5.74. The van der Waals surface area contributed by atoms with Crippen LogP contribution in [-0.4, -0.2) is 48.9 Å². The molecule has 0 saturated carbocycles. The van der Waals surface area contributed by atoms with Gasteiger partial charge in [-0.2, -0.15) is 0 Å². The minimum atomic E-state index is 0.169. The first kappa shape index (κ1) is 16.7. The molecule has 4 heteroatoms. The lowest BCUT2D eigenvalue weighted by atomic mass is 10.2. The zero-order chi connectivity index (χ0) is 14.8. The van der Waals surface area contributed by atoms with Crippen LogP contribution in [0.15, 0.2) is 30.3 Å². The molecule has 1 amide bonds. The van der Waals surface area contributed by atoms with Gasteiger partial charge in [-0.25, -0.2) is 0 Å². The highest BCUT2D eigenvalue weighted by Crippen LogP contribution is 2.05. The third-order valence-electron chi connectivity index (χ3n) is 3.27. The van der Waals surface area contributed by atoms with E-state index >= 15 is 0 Å². The van der Waals surface area contributed by atoms with Crippen LogP contribution in [0, 0.1) is 0 Å². The average molecular weight is 277 g/mol. The molecule has 0 bridgehead atoms. The average Bonchev–Trinajstić information content (AvgIpc) is 2.46. The van der Waals surface area contributed by atoms with E-state index in [2.05, 4.69) is 24.0 Å². The van der Waals surface area contributed by atoms with E-state index < -0.39 is 0 Å². The van der Waals surface area contributed by atoms with Gasteiger partial charge in [0.2, 0.25) is 5.91 Å². The van der Waals surface area contributed by atoms with Crippen LogP contribution in [-0.2, 0) is 11.3 Å². The van der Waals surface area contributed by atoms with E-state index in [0.717, 1.165) is 32.5 Å². The van der Waals surface area contributed by atoms with Crippen LogP contribution in [0.1, 0.15) is 25.3 Å². The molecular formula is C16H27N3O. The van der Waals surface area contributed by atoms with Crippen LogP contribution in [0.25, 0.3) is 0 Å².